The van der Waals surface area contributed by atoms with E-state index < -0.39 is 0 Å². The molecule has 1 saturated heterocycles. The second kappa shape index (κ2) is 5.55. The number of rotatable bonds is 3. The van der Waals surface area contributed by atoms with Crippen LogP contribution in [-0.2, 0) is 4.74 Å². The first kappa shape index (κ1) is 12.4. The van der Waals surface area contributed by atoms with Crippen LogP contribution in [0.25, 0.3) is 10.2 Å². The number of nitrogens with zero attached hydrogens (tertiary/aromatic N) is 1. The van der Waals surface area contributed by atoms with E-state index in [-0.39, 0.29) is 0 Å². The van der Waals surface area contributed by atoms with Crippen LogP contribution in [0.3, 0.4) is 0 Å². The van der Waals surface area contributed by atoms with E-state index in [2.05, 4.69) is 38.4 Å². The standard InChI is InChI=1S/C13H15BrN2OS/c14-10-1-2-11-12(7-10)18-13(16-11)15-8-9-3-5-17-6-4-9/h1-2,7,9H,3-6,8H2,(H,15,16). The van der Waals surface area contributed by atoms with Gasteiger partial charge >= 0.3 is 0 Å². The molecular formula is C13H15BrN2OS. The molecule has 0 amide bonds. The maximum Gasteiger partial charge on any atom is 0.183 e. The molecule has 3 nitrogen and oxygen atoms in total. The number of halogens is 1. The quantitative estimate of drug-likeness (QED) is 0.928. The van der Waals surface area contributed by atoms with E-state index in [1.165, 1.54) is 4.70 Å². The number of hydrogen-bond donors (Lipinski definition) is 1. The normalized spacial score (nSPS) is 17.2. The highest BCUT2D eigenvalue weighted by Gasteiger charge is 2.14. The number of anilines is 1. The Bertz CT molecular complexity index is 537. The Balaban J connectivity index is 1.67. The van der Waals surface area contributed by atoms with Gasteiger partial charge in [-0.1, -0.05) is 27.3 Å². The lowest BCUT2D eigenvalue weighted by atomic mass is 10.0. The van der Waals surface area contributed by atoms with E-state index in [0.29, 0.717) is 0 Å². The first-order valence-corrected chi connectivity index (χ1v) is 7.80. The highest BCUT2D eigenvalue weighted by molar-refractivity contribution is 9.10. The number of ether oxygens (including phenoxy) is 1. The van der Waals surface area contributed by atoms with Crippen LogP contribution in [0.2, 0.25) is 0 Å². The van der Waals surface area contributed by atoms with Crippen molar-refractivity contribution in [2.24, 2.45) is 5.92 Å². The molecule has 1 fully saturated rings. The Morgan fingerprint density at radius 2 is 2.22 bits per heavy atom. The second-order valence-corrected chi connectivity index (χ2v) is 6.51. The molecule has 0 atom stereocenters. The molecule has 5 heteroatoms. The average Bonchev–Trinajstić information content (AvgIpc) is 2.79. The average molecular weight is 327 g/mol. The third-order valence-electron chi connectivity index (χ3n) is 3.23. The molecule has 2 aromatic rings. The van der Waals surface area contributed by atoms with E-state index in [1.807, 2.05) is 6.07 Å². The van der Waals surface area contributed by atoms with Gasteiger partial charge in [-0.25, -0.2) is 4.98 Å². The fraction of sp³-hybridized carbons (Fsp3) is 0.462. The summed E-state index contributed by atoms with van der Waals surface area (Å²) >= 11 is 5.20. The molecule has 0 aliphatic carbocycles. The molecule has 0 bridgehead atoms. The largest absolute Gasteiger partial charge is 0.381 e. The number of aromatic nitrogens is 1. The van der Waals surface area contributed by atoms with Gasteiger partial charge in [-0.2, -0.15) is 0 Å². The van der Waals surface area contributed by atoms with Crippen molar-refractivity contribution in [3.05, 3.63) is 22.7 Å². The Labute approximate surface area is 119 Å². The maximum absolute atomic E-state index is 5.37. The highest BCUT2D eigenvalue weighted by atomic mass is 79.9. The highest BCUT2D eigenvalue weighted by Crippen LogP contribution is 2.28. The Morgan fingerprint density at radius 3 is 3.06 bits per heavy atom. The minimum absolute atomic E-state index is 0.720. The van der Waals surface area contributed by atoms with Crippen molar-refractivity contribution < 1.29 is 4.74 Å². The van der Waals surface area contributed by atoms with E-state index in [4.69, 9.17) is 4.74 Å². The van der Waals surface area contributed by atoms with Crippen LogP contribution < -0.4 is 5.32 Å². The van der Waals surface area contributed by atoms with Crippen molar-refractivity contribution in [2.45, 2.75) is 12.8 Å². The molecule has 1 aliphatic heterocycles. The minimum Gasteiger partial charge on any atom is -0.381 e. The van der Waals surface area contributed by atoms with Gasteiger partial charge in [0.25, 0.3) is 0 Å². The van der Waals surface area contributed by atoms with Gasteiger partial charge in [0.1, 0.15) is 0 Å². The number of nitrogens with one attached hydrogen (secondary N) is 1. The summed E-state index contributed by atoms with van der Waals surface area (Å²) in [4.78, 5) is 4.59. The van der Waals surface area contributed by atoms with Crippen LogP contribution in [0.15, 0.2) is 22.7 Å². The van der Waals surface area contributed by atoms with E-state index in [9.17, 15) is 0 Å². The monoisotopic (exact) mass is 326 g/mol. The topological polar surface area (TPSA) is 34.2 Å². The van der Waals surface area contributed by atoms with Crippen LogP contribution >= 0.6 is 27.3 Å². The predicted molar refractivity (Wildman–Crippen MR) is 79.4 cm³/mol. The summed E-state index contributed by atoms with van der Waals surface area (Å²) in [6.45, 7) is 2.81. The molecule has 1 N–H and O–H groups in total. The van der Waals surface area contributed by atoms with Crippen LogP contribution in [0.4, 0.5) is 5.13 Å². The van der Waals surface area contributed by atoms with Crippen molar-refractivity contribution in [2.75, 3.05) is 25.1 Å². The maximum atomic E-state index is 5.37. The molecule has 0 spiro atoms. The van der Waals surface area contributed by atoms with Gasteiger partial charge in [0, 0.05) is 24.2 Å². The van der Waals surface area contributed by atoms with E-state index in [1.54, 1.807) is 11.3 Å². The molecular weight excluding hydrogens is 312 g/mol. The third-order valence-corrected chi connectivity index (χ3v) is 4.70. The number of thiazole rings is 1. The number of benzene rings is 1. The first-order valence-electron chi connectivity index (χ1n) is 6.19. The van der Waals surface area contributed by atoms with Gasteiger partial charge in [0.05, 0.1) is 10.2 Å². The Hall–Kier alpha value is -0.650. The lowest BCUT2D eigenvalue weighted by molar-refractivity contribution is 0.0699. The van der Waals surface area contributed by atoms with Crippen molar-refractivity contribution in [1.29, 1.82) is 0 Å². The summed E-state index contributed by atoms with van der Waals surface area (Å²) in [7, 11) is 0. The van der Waals surface area contributed by atoms with E-state index in [0.717, 1.165) is 53.6 Å². The van der Waals surface area contributed by atoms with Crippen molar-refractivity contribution in [3.8, 4) is 0 Å². The van der Waals surface area contributed by atoms with Gasteiger partial charge in [-0.15, -0.1) is 0 Å². The molecule has 1 aromatic carbocycles. The van der Waals surface area contributed by atoms with Crippen LogP contribution in [0.5, 0.6) is 0 Å². The van der Waals surface area contributed by atoms with Crippen molar-refractivity contribution in [3.63, 3.8) is 0 Å². The molecule has 2 heterocycles. The smallest absolute Gasteiger partial charge is 0.183 e. The zero-order valence-electron chi connectivity index (χ0n) is 9.99. The lowest BCUT2D eigenvalue weighted by Gasteiger charge is -2.21. The summed E-state index contributed by atoms with van der Waals surface area (Å²) < 4.78 is 7.69. The van der Waals surface area contributed by atoms with Gasteiger partial charge in [0.15, 0.2) is 5.13 Å². The van der Waals surface area contributed by atoms with Crippen LogP contribution in [0, 0.1) is 5.92 Å². The fourth-order valence-electron chi connectivity index (χ4n) is 2.16. The van der Waals surface area contributed by atoms with Crippen molar-refractivity contribution >= 4 is 42.6 Å². The van der Waals surface area contributed by atoms with Gasteiger partial charge < -0.3 is 10.1 Å². The SMILES string of the molecule is Brc1ccc2nc(NCC3CCOCC3)sc2c1. The second-order valence-electron chi connectivity index (χ2n) is 4.57. The molecule has 1 aromatic heterocycles. The zero-order valence-corrected chi connectivity index (χ0v) is 12.4. The van der Waals surface area contributed by atoms with Gasteiger partial charge in [0.2, 0.25) is 0 Å². The van der Waals surface area contributed by atoms with Crippen molar-refractivity contribution in [1.82, 2.24) is 4.98 Å². The zero-order chi connectivity index (χ0) is 12.4. The summed E-state index contributed by atoms with van der Waals surface area (Å²) in [5.74, 6) is 0.720. The molecule has 1 aliphatic rings. The Kier molecular flexibility index (Phi) is 3.82. The predicted octanol–water partition coefficient (Wildman–Crippen LogP) is 3.90. The summed E-state index contributed by atoms with van der Waals surface area (Å²) in [6.07, 6.45) is 2.31. The van der Waals surface area contributed by atoms with Crippen LogP contribution in [0.1, 0.15) is 12.8 Å². The molecule has 18 heavy (non-hydrogen) atoms. The molecule has 0 radical (unpaired) electrons. The molecule has 96 valence electrons. The molecule has 0 saturated carbocycles. The van der Waals surface area contributed by atoms with Gasteiger partial charge in [-0.05, 0) is 37.0 Å². The molecule has 3 rings (SSSR count). The van der Waals surface area contributed by atoms with Crippen LogP contribution in [-0.4, -0.2) is 24.7 Å². The summed E-state index contributed by atoms with van der Waals surface area (Å²) in [5.41, 5.74) is 1.07. The Morgan fingerprint density at radius 1 is 1.39 bits per heavy atom. The first-order chi connectivity index (χ1) is 8.81. The minimum atomic E-state index is 0.720. The third kappa shape index (κ3) is 2.84. The number of fused-ring (bicyclic) bond motifs is 1. The van der Waals surface area contributed by atoms with E-state index >= 15 is 0 Å². The molecule has 0 unspecified atom stereocenters. The summed E-state index contributed by atoms with van der Waals surface area (Å²) in [5, 5.41) is 4.48. The summed E-state index contributed by atoms with van der Waals surface area (Å²) in [6, 6.07) is 6.20. The number of hydrogen-bond acceptors (Lipinski definition) is 4. The van der Waals surface area contributed by atoms with Gasteiger partial charge in [-0.3, -0.25) is 0 Å². The fourth-order valence-corrected chi connectivity index (χ4v) is 3.58. The lowest BCUT2D eigenvalue weighted by Crippen LogP contribution is -2.22.